The maximum Gasteiger partial charge on any atom is 0.271 e. The zero-order valence-corrected chi connectivity index (χ0v) is 16.6. The molecule has 8 heteroatoms. The van der Waals surface area contributed by atoms with Crippen molar-refractivity contribution in [3.05, 3.63) is 66.2 Å². The van der Waals surface area contributed by atoms with Gasteiger partial charge in [0, 0.05) is 22.9 Å². The standard InChI is InChI=1S/C21H21N3O4S/c1-28-17-10-8-16(9-11-17)24-29(26,27)18-6-2-5-15(12-18)21(25)23-22-20-13-14-4-3-7-19(14)20/h2-3,5-12,14,19,24H,4,13H2,1H3,(H,23,25). The van der Waals surface area contributed by atoms with Crippen molar-refractivity contribution in [2.24, 2.45) is 16.9 Å². The number of nitrogens with one attached hydrogen (secondary N) is 2. The van der Waals surface area contributed by atoms with Gasteiger partial charge in [0.15, 0.2) is 0 Å². The van der Waals surface area contributed by atoms with E-state index in [1.54, 1.807) is 30.3 Å². The average molecular weight is 411 g/mol. The first kappa shape index (κ1) is 19.2. The second-order valence-corrected chi connectivity index (χ2v) is 8.74. The zero-order chi connectivity index (χ0) is 20.4. The first-order chi connectivity index (χ1) is 14.0. The molecule has 1 amide bonds. The van der Waals surface area contributed by atoms with Crippen molar-refractivity contribution in [3.8, 4) is 5.75 Å². The molecule has 2 aromatic carbocycles. The number of rotatable bonds is 6. The molecule has 1 fully saturated rings. The lowest BCUT2D eigenvalue weighted by molar-refractivity contribution is 0.0953. The monoisotopic (exact) mass is 411 g/mol. The van der Waals surface area contributed by atoms with Gasteiger partial charge in [0.2, 0.25) is 0 Å². The lowest BCUT2D eigenvalue weighted by Gasteiger charge is -2.31. The Morgan fingerprint density at radius 3 is 2.69 bits per heavy atom. The predicted molar refractivity (Wildman–Crippen MR) is 110 cm³/mol. The van der Waals surface area contributed by atoms with Gasteiger partial charge in [-0.05, 0) is 61.2 Å². The minimum Gasteiger partial charge on any atom is -0.497 e. The van der Waals surface area contributed by atoms with Crippen LogP contribution < -0.4 is 14.9 Å². The second-order valence-electron chi connectivity index (χ2n) is 7.06. The van der Waals surface area contributed by atoms with Gasteiger partial charge in [-0.3, -0.25) is 9.52 Å². The molecule has 29 heavy (non-hydrogen) atoms. The number of methoxy groups -OCH3 is 1. The molecule has 0 radical (unpaired) electrons. The molecule has 0 heterocycles. The molecule has 150 valence electrons. The lowest BCUT2D eigenvalue weighted by Crippen LogP contribution is -2.35. The van der Waals surface area contributed by atoms with Crippen LogP contribution in [0.15, 0.2) is 70.7 Å². The molecular weight excluding hydrogens is 390 g/mol. The van der Waals surface area contributed by atoms with Gasteiger partial charge in [0.1, 0.15) is 5.75 Å². The largest absolute Gasteiger partial charge is 0.497 e. The summed E-state index contributed by atoms with van der Waals surface area (Å²) in [6, 6.07) is 12.4. The van der Waals surface area contributed by atoms with Gasteiger partial charge >= 0.3 is 0 Å². The molecule has 2 aromatic rings. The normalized spacial score (nSPS) is 21.3. The Morgan fingerprint density at radius 1 is 1.17 bits per heavy atom. The number of hydrogen-bond acceptors (Lipinski definition) is 5. The molecule has 0 aliphatic heterocycles. The Balaban J connectivity index is 1.46. The first-order valence-electron chi connectivity index (χ1n) is 9.26. The highest BCUT2D eigenvalue weighted by Crippen LogP contribution is 2.40. The van der Waals surface area contributed by atoms with Crippen molar-refractivity contribution in [2.75, 3.05) is 11.8 Å². The van der Waals surface area contributed by atoms with E-state index < -0.39 is 15.9 Å². The number of ether oxygens (including phenoxy) is 1. The summed E-state index contributed by atoms with van der Waals surface area (Å²) < 4.78 is 32.9. The summed E-state index contributed by atoms with van der Waals surface area (Å²) in [6.45, 7) is 0. The summed E-state index contributed by atoms with van der Waals surface area (Å²) >= 11 is 0. The van der Waals surface area contributed by atoms with E-state index in [1.807, 2.05) is 0 Å². The van der Waals surface area contributed by atoms with Gasteiger partial charge in [0.25, 0.3) is 15.9 Å². The number of fused-ring (bicyclic) bond motifs is 1. The van der Waals surface area contributed by atoms with E-state index in [0.29, 0.717) is 23.3 Å². The summed E-state index contributed by atoms with van der Waals surface area (Å²) in [4.78, 5) is 12.4. The minimum atomic E-state index is -3.84. The van der Waals surface area contributed by atoms with E-state index >= 15 is 0 Å². The Bertz CT molecular complexity index is 1090. The minimum absolute atomic E-state index is 0.00365. The molecule has 0 aromatic heterocycles. The number of nitrogens with zero attached hydrogens (tertiary/aromatic N) is 1. The number of hydrazone groups is 1. The molecule has 1 saturated carbocycles. The molecule has 2 aliphatic rings. The van der Waals surface area contributed by atoms with Crippen LogP contribution in [0.5, 0.6) is 5.75 Å². The Labute approximate surface area is 169 Å². The van der Waals surface area contributed by atoms with Gasteiger partial charge in [-0.25, -0.2) is 13.8 Å². The van der Waals surface area contributed by atoms with Crippen molar-refractivity contribution in [1.82, 2.24) is 5.43 Å². The van der Waals surface area contributed by atoms with Crippen molar-refractivity contribution >= 4 is 27.3 Å². The molecule has 2 aliphatic carbocycles. The number of amides is 1. The number of hydrogen-bond donors (Lipinski definition) is 2. The van der Waals surface area contributed by atoms with Gasteiger partial charge in [-0.2, -0.15) is 5.10 Å². The van der Waals surface area contributed by atoms with Gasteiger partial charge in [0.05, 0.1) is 12.0 Å². The predicted octanol–water partition coefficient (Wildman–Crippen LogP) is 3.18. The quantitative estimate of drug-likeness (QED) is 0.564. The summed E-state index contributed by atoms with van der Waals surface area (Å²) in [6.07, 6.45) is 6.22. The lowest BCUT2D eigenvalue weighted by atomic mass is 9.74. The molecule has 0 saturated heterocycles. The maximum atomic E-state index is 12.7. The number of carbonyl (C=O) groups excluding carboxylic acids is 1. The number of carbonyl (C=O) groups is 1. The van der Waals surface area contributed by atoms with Gasteiger partial charge in [-0.15, -0.1) is 0 Å². The molecule has 2 N–H and O–H groups in total. The summed E-state index contributed by atoms with van der Waals surface area (Å²) in [5.41, 5.74) is 4.13. The summed E-state index contributed by atoms with van der Waals surface area (Å²) in [5.74, 6) is 1.13. The van der Waals surface area contributed by atoms with Crippen LogP contribution in [0.2, 0.25) is 0 Å². The highest BCUT2D eigenvalue weighted by molar-refractivity contribution is 7.92. The van der Waals surface area contributed by atoms with Crippen LogP contribution in [0.1, 0.15) is 23.2 Å². The smallest absolute Gasteiger partial charge is 0.271 e. The van der Waals surface area contributed by atoms with Crippen LogP contribution in [0.3, 0.4) is 0 Å². The van der Waals surface area contributed by atoms with Gasteiger partial charge in [-0.1, -0.05) is 18.2 Å². The summed E-state index contributed by atoms with van der Waals surface area (Å²) in [7, 11) is -2.31. The van der Waals surface area contributed by atoms with E-state index in [4.69, 9.17) is 4.74 Å². The van der Waals surface area contributed by atoms with Crippen LogP contribution >= 0.6 is 0 Å². The molecule has 0 bridgehead atoms. The maximum absolute atomic E-state index is 12.7. The highest BCUT2D eigenvalue weighted by atomic mass is 32.2. The zero-order valence-electron chi connectivity index (χ0n) is 15.8. The fourth-order valence-electron chi connectivity index (χ4n) is 3.53. The van der Waals surface area contributed by atoms with Crippen LogP contribution in [0.25, 0.3) is 0 Å². The van der Waals surface area contributed by atoms with Gasteiger partial charge < -0.3 is 4.74 Å². The van der Waals surface area contributed by atoms with Crippen molar-refractivity contribution in [1.29, 1.82) is 0 Å². The Kier molecular flexibility index (Phi) is 5.10. The van der Waals surface area contributed by atoms with E-state index in [9.17, 15) is 13.2 Å². The van der Waals surface area contributed by atoms with Crippen LogP contribution in [-0.2, 0) is 10.0 Å². The van der Waals surface area contributed by atoms with E-state index in [-0.39, 0.29) is 10.5 Å². The number of anilines is 1. The fourth-order valence-corrected chi connectivity index (χ4v) is 4.63. The van der Waals surface area contributed by atoms with E-state index in [1.165, 1.54) is 25.3 Å². The van der Waals surface area contributed by atoms with Crippen molar-refractivity contribution < 1.29 is 17.9 Å². The van der Waals surface area contributed by atoms with Crippen molar-refractivity contribution in [3.63, 3.8) is 0 Å². The SMILES string of the molecule is COc1ccc(NS(=O)(=O)c2cccc(C(=O)NN=C3CC4CC=CC34)c2)cc1. The molecule has 7 nitrogen and oxygen atoms in total. The van der Waals surface area contributed by atoms with Crippen LogP contribution in [-0.4, -0.2) is 27.1 Å². The third-order valence-electron chi connectivity index (χ3n) is 5.20. The Hall–Kier alpha value is -3.13. The van der Waals surface area contributed by atoms with E-state index in [2.05, 4.69) is 27.4 Å². The third-order valence-corrected chi connectivity index (χ3v) is 6.58. The Morgan fingerprint density at radius 2 is 1.97 bits per heavy atom. The summed E-state index contributed by atoms with van der Waals surface area (Å²) in [5, 5.41) is 4.21. The highest BCUT2D eigenvalue weighted by Gasteiger charge is 2.37. The van der Waals surface area contributed by atoms with Crippen LogP contribution in [0, 0.1) is 11.8 Å². The average Bonchev–Trinajstić information content (AvgIpc) is 3.09. The third kappa shape index (κ3) is 4.02. The second kappa shape index (κ2) is 7.71. The van der Waals surface area contributed by atoms with Crippen molar-refractivity contribution in [2.45, 2.75) is 17.7 Å². The first-order valence-corrected chi connectivity index (χ1v) is 10.7. The number of allylic oxidation sites excluding steroid dienone is 2. The number of benzene rings is 2. The van der Waals surface area contributed by atoms with Crippen LogP contribution in [0.4, 0.5) is 5.69 Å². The molecule has 2 atom stereocenters. The molecule has 0 spiro atoms. The molecule has 2 unspecified atom stereocenters. The number of sulfonamides is 1. The molecule has 4 rings (SSSR count). The topological polar surface area (TPSA) is 96.9 Å². The van der Waals surface area contributed by atoms with E-state index in [0.717, 1.165) is 18.6 Å². The fraction of sp³-hybridized carbons (Fsp3) is 0.238. The molecular formula is C21H21N3O4S.